The van der Waals surface area contributed by atoms with E-state index >= 15 is 0 Å². The van der Waals surface area contributed by atoms with Crippen LogP contribution in [0.2, 0.25) is 0 Å². The van der Waals surface area contributed by atoms with Gasteiger partial charge in [0.05, 0.1) is 31.5 Å². The van der Waals surface area contributed by atoms with Crippen molar-refractivity contribution in [2.75, 3.05) is 7.11 Å². The van der Waals surface area contributed by atoms with Gasteiger partial charge in [0.15, 0.2) is 11.6 Å². The van der Waals surface area contributed by atoms with Gasteiger partial charge in [-0.25, -0.2) is 4.39 Å². The Kier molecular flexibility index (Phi) is 5.65. The number of hydrogen-bond donors (Lipinski definition) is 1. The highest BCUT2D eigenvalue weighted by molar-refractivity contribution is 9.10. The van der Waals surface area contributed by atoms with Crippen LogP contribution in [0.5, 0.6) is 5.75 Å². The molecule has 1 N–H and O–H groups in total. The molecular weight excluding hydrogens is 469 g/mol. The van der Waals surface area contributed by atoms with Gasteiger partial charge in [-0.05, 0) is 48.0 Å². The zero-order chi connectivity index (χ0) is 22.1. The van der Waals surface area contributed by atoms with E-state index in [1.165, 1.54) is 30.4 Å². The third-order valence-electron chi connectivity index (χ3n) is 5.06. The largest absolute Gasteiger partial charge is 0.507 e. The molecule has 1 aliphatic heterocycles. The van der Waals surface area contributed by atoms with Crippen molar-refractivity contribution in [1.82, 2.24) is 4.90 Å². The van der Waals surface area contributed by atoms with Crippen molar-refractivity contribution in [3.05, 3.63) is 93.6 Å². The summed E-state index contributed by atoms with van der Waals surface area (Å²) >= 11 is 3.37. The zero-order valence-electron chi connectivity index (χ0n) is 16.3. The van der Waals surface area contributed by atoms with Crippen LogP contribution in [-0.4, -0.2) is 28.8 Å². The van der Waals surface area contributed by atoms with Gasteiger partial charge in [-0.3, -0.25) is 9.59 Å². The second kappa shape index (κ2) is 8.39. The monoisotopic (exact) mass is 485 g/mol. The summed E-state index contributed by atoms with van der Waals surface area (Å²) in [7, 11) is 1.33. The molecule has 1 aromatic heterocycles. The van der Waals surface area contributed by atoms with Crippen LogP contribution in [0.25, 0.3) is 5.76 Å². The van der Waals surface area contributed by atoms with E-state index < -0.39 is 29.3 Å². The Labute approximate surface area is 185 Å². The van der Waals surface area contributed by atoms with Gasteiger partial charge in [0.2, 0.25) is 0 Å². The number of nitrogens with zero attached hydrogens (tertiary/aromatic N) is 1. The summed E-state index contributed by atoms with van der Waals surface area (Å²) in [6.07, 6.45) is 1.47. The number of furan rings is 1. The van der Waals surface area contributed by atoms with E-state index in [-0.39, 0.29) is 23.4 Å². The van der Waals surface area contributed by atoms with E-state index in [1.807, 2.05) is 0 Å². The molecule has 1 saturated heterocycles. The van der Waals surface area contributed by atoms with E-state index in [9.17, 15) is 19.1 Å². The molecule has 6 nitrogen and oxygen atoms in total. The van der Waals surface area contributed by atoms with Gasteiger partial charge < -0.3 is 19.2 Å². The van der Waals surface area contributed by atoms with Crippen LogP contribution in [-0.2, 0) is 16.1 Å². The van der Waals surface area contributed by atoms with Gasteiger partial charge >= 0.3 is 0 Å². The smallest absolute Gasteiger partial charge is 0.296 e. The van der Waals surface area contributed by atoms with Crippen LogP contribution in [0.15, 0.2) is 75.3 Å². The molecule has 1 unspecified atom stereocenters. The number of rotatable bonds is 5. The lowest BCUT2D eigenvalue weighted by Gasteiger charge is -2.24. The molecule has 0 aliphatic carbocycles. The minimum absolute atomic E-state index is 0.000666. The van der Waals surface area contributed by atoms with Gasteiger partial charge in [-0.15, -0.1) is 0 Å². The van der Waals surface area contributed by atoms with Crippen molar-refractivity contribution >= 4 is 33.4 Å². The number of carbonyl (C=O) groups excluding carboxylic acids is 2. The maximum atomic E-state index is 14.2. The lowest BCUT2D eigenvalue weighted by molar-refractivity contribution is -0.140. The first kappa shape index (κ1) is 20.9. The van der Waals surface area contributed by atoms with E-state index in [4.69, 9.17) is 9.15 Å². The number of methoxy groups -OCH3 is 1. The topological polar surface area (TPSA) is 80.0 Å². The summed E-state index contributed by atoms with van der Waals surface area (Å²) in [5, 5.41) is 11.0. The Morgan fingerprint density at radius 3 is 2.55 bits per heavy atom. The predicted octanol–water partition coefficient (Wildman–Crippen LogP) is 4.81. The highest BCUT2D eigenvalue weighted by Crippen LogP contribution is 2.41. The highest BCUT2D eigenvalue weighted by Gasteiger charge is 2.46. The number of aliphatic hydroxyl groups excluding tert-OH is 1. The third kappa shape index (κ3) is 3.86. The van der Waals surface area contributed by atoms with Gasteiger partial charge in [0, 0.05) is 10.0 Å². The standard InChI is InChI=1S/C23H17BrFNO5/c1-30-18-9-6-14(11-17(18)25)21(27)19-20(13-4-7-15(24)8-5-13)26(23(29)22(19)28)12-16-3-2-10-31-16/h2-11,20,27H,12H2,1H3/b21-19-. The normalized spacial score (nSPS) is 17.9. The van der Waals surface area contributed by atoms with Crippen molar-refractivity contribution in [2.45, 2.75) is 12.6 Å². The third-order valence-corrected chi connectivity index (χ3v) is 5.59. The summed E-state index contributed by atoms with van der Waals surface area (Å²) in [5.41, 5.74) is 0.560. The number of carbonyl (C=O) groups is 2. The molecule has 2 aromatic carbocycles. The Bertz CT molecular complexity index is 1170. The van der Waals surface area contributed by atoms with Crippen molar-refractivity contribution in [1.29, 1.82) is 0 Å². The number of amides is 1. The number of hydrogen-bond acceptors (Lipinski definition) is 5. The lowest BCUT2D eigenvalue weighted by atomic mass is 9.95. The zero-order valence-corrected chi connectivity index (χ0v) is 17.9. The van der Waals surface area contributed by atoms with Gasteiger partial charge in [0.1, 0.15) is 11.5 Å². The summed E-state index contributed by atoms with van der Waals surface area (Å²) in [6, 6.07) is 13.4. The fraction of sp³-hybridized carbons (Fsp3) is 0.130. The Balaban J connectivity index is 1.86. The molecule has 1 atom stereocenters. The second-order valence-electron chi connectivity index (χ2n) is 6.91. The lowest BCUT2D eigenvalue weighted by Crippen LogP contribution is -2.29. The van der Waals surface area contributed by atoms with Crippen LogP contribution < -0.4 is 4.74 Å². The van der Waals surface area contributed by atoms with Crippen molar-refractivity contribution in [3.63, 3.8) is 0 Å². The number of Topliss-reactive ketones (excluding diaryl/α,β-unsaturated/α-hetero) is 1. The molecule has 158 valence electrons. The van der Waals surface area contributed by atoms with Gasteiger partial charge in [-0.2, -0.15) is 0 Å². The first-order valence-electron chi connectivity index (χ1n) is 9.31. The SMILES string of the molecule is COc1ccc(/C(O)=C2/C(=O)C(=O)N(Cc3ccco3)C2c2ccc(Br)cc2)cc1F. The summed E-state index contributed by atoms with van der Waals surface area (Å²) in [4.78, 5) is 27.2. The number of ether oxygens (including phenoxy) is 1. The van der Waals surface area contributed by atoms with E-state index in [2.05, 4.69) is 15.9 Å². The predicted molar refractivity (Wildman–Crippen MR) is 114 cm³/mol. The molecule has 8 heteroatoms. The van der Waals surface area contributed by atoms with E-state index in [0.717, 1.165) is 10.5 Å². The maximum Gasteiger partial charge on any atom is 0.296 e. The fourth-order valence-corrected chi connectivity index (χ4v) is 3.84. The maximum absolute atomic E-state index is 14.2. The summed E-state index contributed by atoms with van der Waals surface area (Å²) in [6.45, 7) is 0.0338. The van der Waals surface area contributed by atoms with Gasteiger partial charge in [-0.1, -0.05) is 28.1 Å². The molecule has 4 rings (SSSR count). The van der Waals surface area contributed by atoms with Crippen LogP contribution >= 0.6 is 15.9 Å². The number of benzene rings is 2. The fourth-order valence-electron chi connectivity index (χ4n) is 3.57. The van der Waals surface area contributed by atoms with Crippen molar-refractivity contribution in [2.24, 2.45) is 0 Å². The van der Waals surface area contributed by atoms with Gasteiger partial charge in [0.25, 0.3) is 11.7 Å². The average Bonchev–Trinajstić information content (AvgIpc) is 3.36. The molecule has 2 heterocycles. The molecule has 0 spiro atoms. The summed E-state index contributed by atoms with van der Waals surface area (Å²) in [5.74, 6) is -2.31. The van der Waals surface area contributed by atoms with E-state index in [1.54, 1.807) is 36.4 Å². The van der Waals surface area contributed by atoms with Crippen LogP contribution in [0.3, 0.4) is 0 Å². The van der Waals surface area contributed by atoms with Crippen LogP contribution in [0.1, 0.15) is 22.9 Å². The first-order valence-corrected chi connectivity index (χ1v) is 10.1. The number of halogens is 2. The summed E-state index contributed by atoms with van der Waals surface area (Å²) < 4.78 is 25.3. The Morgan fingerprint density at radius 2 is 1.94 bits per heavy atom. The molecule has 3 aromatic rings. The van der Waals surface area contributed by atoms with Crippen LogP contribution in [0.4, 0.5) is 4.39 Å². The molecular formula is C23H17BrFNO5. The van der Waals surface area contributed by atoms with Crippen molar-refractivity contribution in [3.8, 4) is 5.75 Å². The number of likely N-dealkylation sites (tertiary alicyclic amines) is 1. The molecule has 1 amide bonds. The number of aliphatic hydroxyl groups is 1. The minimum Gasteiger partial charge on any atom is -0.507 e. The minimum atomic E-state index is -0.872. The highest BCUT2D eigenvalue weighted by atomic mass is 79.9. The Morgan fingerprint density at radius 1 is 1.19 bits per heavy atom. The Hall–Kier alpha value is -3.39. The second-order valence-corrected chi connectivity index (χ2v) is 7.82. The molecule has 31 heavy (non-hydrogen) atoms. The first-order chi connectivity index (χ1) is 14.9. The molecule has 0 bridgehead atoms. The van der Waals surface area contributed by atoms with E-state index in [0.29, 0.717) is 11.3 Å². The van der Waals surface area contributed by atoms with Crippen LogP contribution in [0, 0.1) is 5.82 Å². The molecule has 0 saturated carbocycles. The molecule has 1 fully saturated rings. The molecule has 0 radical (unpaired) electrons. The quantitative estimate of drug-likeness (QED) is 0.318. The average molecular weight is 486 g/mol. The van der Waals surface area contributed by atoms with Crippen molar-refractivity contribution < 1.29 is 28.2 Å². The molecule has 1 aliphatic rings. The number of ketones is 1.